The molecule has 0 aliphatic heterocycles. The maximum atomic E-state index is 13.3. The number of esters is 1. The zero-order valence-corrected chi connectivity index (χ0v) is 16.1. The van der Waals surface area contributed by atoms with Crippen LogP contribution in [0.5, 0.6) is 5.75 Å². The molecule has 0 spiro atoms. The molecule has 0 aliphatic carbocycles. The summed E-state index contributed by atoms with van der Waals surface area (Å²) in [6.45, 7) is 0. The van der Waals surface area contributed by atoms with Crippen LogP contribution in [0.2, 0.25) is 0 Å². The van der Waals surface area contributed by atoms with Crippen LogP contribution < -0.4 is 5.32 Å². The van der Waals surface area contributed by atoms with E-state index < -0.39 is 17.9 Å². The minimum atomic E-state index is -0.841. The molecule has 0 unspecified atom stereocenters. The Morgan fingerprint density at radius 2 is 1.38 bits per heavy atom. The summed E-state index contributed by atoms with van der Waals surface area (Å²) in [6, 6.07) is 24.6. The van der Waals surface area contributed by atoms with Gasteiger partial charge >= 0.3 is 5.97 Å². The van der Waals surface area contributed by atoms with E-state index in [0.717, 1.165) is 16.7 Å². The van der Waals surface area contributed by atoms with Crippen molar-refractivity contribution in [2.75, 3.05) is 7.11 Å². The molecule has 3 aromatic carbocycles. The minimum absolute atomic E-state index is 0.139. The number of ether oxygens (including phenoxy) is 1. The Bertz CT molecular complexity index is 900. The van der Waals surface area contributed by atoms with Crippen molar-refractivity contribution in [2.45, 2.75) is 18.4 Å². The summed E-state index contributed by atoms with van der Waals surface area (Å²) in [5.74, 6) is -1.21. The summed E-state index contributed by atoms with van der Waals surface area (Å²) in [6.07, 6.45) is 0.259. The highest BCUT2D eigenvalue weighted by atomic mass is 16.5. The number of rotatable bonds is 7. The number of aromatic hydroxyl groups is 1. The van der Waals surface area contributed by atoms with E-state index in [4.69, 9.17) is 4.74 Å². The molecular formula is C24H23NO4. The van der Waals surface area contributed by atoms with Gasteiger partial charge in [0.05, 0.1) is 13.0 Å². The summed E-state index contributed by atoms with van der Waals surface area (Å²) in [5.41, 5.74) is 2.48. The number of methoxy groups -OCH3 is 1. The highest BCUT2D eigenvalue weighted by molar-refractivity contribution is 5.91. The van der Waals surface area contributed by atoms with Crippen LogP contribution in [-0.4, -0.2) is 30.1 Å². The number of phenols is 1. The summed E-state index contributed by atoms with van der Waals surface area (Å²) in [7, 11) is 1.30. The van der Waals surface area contributed by atoms with E-state index >= 15 is 0 Å². The van der Waals surface area contributed by atoms with E-state index in [1.165, 1.54) is 7.11 Å². The molecule has 0 radical (unpaired) electrons. The van der Waals surface area contributed by atoms with E-state index in [0.29, 0.717) is 0 Å². The Balaban J connectivity index is 1.87. The number of benzene rings is 3. The number of amides is 1. The first-order valence-corrected chi connectivity index (χ1v) is 9.34. The van der Waals surface area contributed by atoms with Crippen LogP contribution in [0.4, 0.5) is 0 Å². The lowest BCUT2D eigenvalue weighted by Crippen LogP contribution is -2.45. The normalized spacial score (nSPS) is 11.7. The lowest BCUT2D eigenvalue weighted by Gasteiger charge is -2.22. The fourth-order valence-corrected chi connectivity index (χ4v) is 3.24. The first kappa shape index (κ1) is 20.1. The van der Waals surface area contributed by atoms with Crippen LogP contribution in [-0.2, 0) is 20.7 Å². The van der Waals surface area contributed by atoms with Crippen molar-refractivity contribution in [3.63, 3.8) is 0 Å². The van der Waals surface area contributed by atoms with E-state index in [-0.39, 0.29) is 18.1 Å². The Morgan fingerprint density at radius 3 is 1.86 bits per heavy atom. The Morgan fingerprint density at radius 1 is 0.862 bits per heavy atom. The lowest BCUT2D eigenvalue weighted by atomic mass is 9.90. The molecule has 2 N–H and O–H groups in total. The van der Waals surface area contributed by atoms with E-state index in [9.17, 15) is 14.7 Å². The van der Waals surface area contributed by atoms with Crippen LogP contribution in [0.1, 0.15) is 22.6 Å². The fraction of sp³-hybridized carbons (Fsp3) is 0.167. The third-order valence-corrected chi connectivity index (χ3v) is 4.71. The van der Waals surface area contributed by atoms with Crippen LogP contribution >= 0.6 is 0 Å². The zero-order chi connectivity index (χ0) is 20.6. The van der Waals surface area contributed by atoms with Gasteiger partial charge in [0.15, 0.2) is 0 Å². The summed E-state index contributed by atoms with van der Waals surface area (Å²) in [5, 5.41) is 12.3. The van der Waals surface area contributed by atoms with Gasteiger partial charge in [-0.2, -0.15) is 0 Å². The minimum Gasteiger partial charge on any atom is -0.508 e. The SMILES string of the molecule is COC(=O)[C@H](Cc1ccc(O)cc1)NC(=O)C(c1ccccc1)c1ccccc1. The van der Waals surface area contributed by atoms with Crippen molar-refractivity contribution in [3.05, 3.63) is 102 Å². The number of hydrogen-bond donors (Lipinski definition) is 2. The lowest BCUT2D eigenvalue weighted by molar-refractivity contribution is -0.145. The van der Waals surface area contributed by atoms with Crippen molar-refractivity contribution in [1.82, 2.24) is 5.32 Å². The van der Waals surface area contributed by atoms with E-state index in [1.54, 1.807) is 24.3 Å². The monoisotopic (exact) mass is 389 g/mol. The van der Waals surface area contributed by atoms with Gasteiger partial charge in [-0.1, -0.05) is 72.8 Å². The molecule has 3 rings (SSSR count). The molecular weight excluding hydrogens is 366 g/mol. The summed E-state index contributed by atoms with van der Waals surface area (Å²) < 4.78 is 4.90. The Labute approximate surface area is 170 Å². The predicted molar refractivity (Wildman–Crippen MR) is 110 cm³/mol. The number of nitrogens with one attached hydrogen (secondary N) is 1. The highest BCUT2D eigenvalue weighted by Crippen LogP contribution is 2.25. The van der Waals surface area contributed by atoms with Gasteiger partial charge in [-0.3, -0.25) is 4.79 Å². The van der Waals surface area contributed by atoms with Gasteiger partial charge in [-0.05, 0) is 28.8 Å². The Kier molecular flexibility index (Phi) is 6.63. The molecule has 0 saturated heterocycles. The topological polar surface area (TPSA) is 75.6 Å². The second kappa shape index (κ2) is 9.55. The van der Waals surface area contributed by atoms with Gasteiger partial charge in [0, 0.05) is 6.42 Å². The molecule has 0 aliphatic rings. The molecule has 0 heterocycles. The largest absolute Gasteiger partial charge is 0.508 e. The smallest absolute Gasteiger partial charge is 0.328 e. The standard InChI is InChI=1S/C24H23NO4/c1-29-24(28)21(16-17-12-14-20(26)15-13-17)25-23(27)22(18-8-4-2-5-9-18)19-10-6-3-7-11-19/h2-15,21-22,26H,16H2,1H3,(H,25,27)/t21-/m0/s1. The van der Waals surface area contributed by atoms with Crippen molar-refractivity contribution < 1.29 is 19.4 Å². The van der Waals surface area contributed by atoms with Crippen LogP contribution in [0.15, 0.2) is 84.9 Å². The first-order chi connectivity index (χ1) is 14.1. The summed E-state index contributed by atoms with van der Waals surface area (Å²) >= 11 is 0. The highest BCUT2D eigenvalue weighted by Gasteiger charge is 2.28. The number of carbonyl (C=O) groups excluding carboxylic acids is 2. The predicted octanol–water partition coefficient (Wildman–Crippen LogP) is 3.42. The van der Waals surface area contributed by atoms with E-state index in [2.05, 4.69) is 5.32 Å². The van der Waals surface area contributed by atoms with Gasteiger partial charge in [0.2, 0.25) is 5.91 Å². The quantitative estimate of drug-likeness (QED) is 0.607. The molecule has 3 aromatic rings. The molecule has 5 heteroatoms. The molecule has 1 amide bonds. The van der Waals surface area contributed by atoms with Gasteiger partial charge in [-0.25, -0.2) is 4.79 Å². The van der Waals surface area contributed by atoms with Crippen molar-refractivity contribution in [3.8, 4) is 5.75 Å². The zero-order valence-electron chi connectivity index (χ0n) is 16.1. The molecule has 0 fully saturated rings. The second-order valence-electron chi connectivity index (χ2n) is 6.71. The van der Waals surface area contributed by atoms with Crippen LogP contribution in [0.25, 0.3) is 0 Å². The average molecular weight is 389 g/mol. The van der Waals surface area contributed by atoms with Crippen LogP contribution in [0, 0.1) is 0 Å². The molecule has 1 atom stereocenters. The third-order valence-electron chi connectivity index (χ3n) is 4.71. The van der Waals surface area contributed by atoms with Crippen LogP contribution in [0.3, 0.4) is 0 Å². The van der Waals surface area contributed by atoms with Gasteiger partial charge < -0.3 is 15.2 Å². The maximum Gasteiger partial charge on any atom is 0.328 e. The molecule has 0 saturated carbocycles. The fourth-order valence-electron chi connectivity index (χ4n) is 3.24. The number of carbonyl (C=O) groups is 2. The third kappa shape index (κ3) is 5.23. The maximum absolute atomic E-state index is 13.3. The molecule has 29 heavy (non-hydrogen) atoms. The van der Waals surface area contributed by atoms with Gasteiger partial charge in [-0.15, -0.1) is 0 Å². The van der Waals surface area contributed by atoms with Crippen molar-refractivity contribution in [2.24, 2.45) is 0 Å². The summed E-state index contributed by atoms with van der Waals surface area (Å²) in [4.78, 5) is 25.6. The van der Waals surface area contributed by atoms with Crippen molar-refractivity contribution >= 4 is 11.9 Å². The molecule has 0 bridgehead atoms. The van der Waals surface area contributed by atoms with E-state index in [1.807, 2.05) is 60.7 Å². The van der Waals surface area contributed by atoms with Gasteiger partial charge in [0.25, 0.3) is 0 Å². The number of phenolic OH excluding ortho intramolecular Hbond substituents is 1. The van der Waals surface area contributed by atoms with Crippen molar-refractivity contribution in [1.29, 1.82) is 0 Å². The number of hydrogen-bond acceptors (Lipinski definition) is 4. The first-order valence-electron chi connectivity index (χ1n) is 9.34. The molecule has 0 aromatic heterocycles. The molecule has 5 nitrogen and oxygen atoms in total. The van der Waals surface area contributed by atoms with Gasteiger partial charge in [0.1, 0.15) is 11.8 Å². The molecule has 148 valence electrons. The Hall–Kier alpha value is -3.60. The second-order valence-corrected chi connectivity index (χ2v) is 6.71. The average Bonchev–Trinajstić information content (AvgIpc) is 2.76.